The number of ether oxygens (including phenoxy) is 1. The predicted octanol–water partition coefficient (Wildman–Crippen LogP) is 2.65. The Morgan fingerprint density at radius 1 is 1.38 bits per heavy atom. The minimum absolute atomic E-state index is 0.203. The van der Waals surface area contributed by atoms with E-state index in [-0.39, 0.29) is 23.9 Å². The van der Waals surface area contributed by atoms with Crippen molar-refractivity contribution >= 4 is 22.7 Å². The molecule has 0 N–H and O–H groups in total. The van der Waals surface area contributed by atoms with E-state index >= 15 is 0 Å². The topological polar surface area (TPSA) is 61.2 Å². The number of rotatable bonds is 2. The fourth-order valence-corrected chi connectivity index (χ4v) is 3.01. The molecule has 0 amide bonds. The summed E-state index contributed by atoms with van der Waals surface area (Å²) in [6.45, 7) is 1.41. The van der Waals surface area contributed by atoms with E-state index in [1.165, 1.54) is 6.92 Å². The highest BCUT2D eigenvalue weighted by molar-refractivity contribution is 5.81. The normalized spacial score (nSPS) is 23.0. The van der Waals surface area contributed by atoms with Crippen LogP contribution in [0.3, 0.4) is 0 Å². The van der Waals surface area contributed by atoms with Crippen LogP contribution in [0.2, 0.25) is 0 Å². The first-order chi connectivity index (χ1) is 10.1. The number of benzene rings is 1. The predicted molar refractivity (Wildman–Crippen MR) is 77.8 cm³/mol. The number of fused-ring (bicyclic) bond motifs is 1. The molecule has 2 aromatic rings. The molecular formula is C16H18N2O3. The van der Waals surface area contributed by atoms with Gasteiger partial charge in [0.1, 0.15) is 11.9 Å². The number of para-hydroxylation sites is 1. The molecule has 2 atom stereocenters. The van der Waals surface area contributed by atoms with Crippen molar-refractivity contribution in [2.24, 2.45) is 0 Å². The first-order valence-corrected chi connectivity index (χ1v) is 7.26. The Kier molecular flexibility index (Phi) is 3.73. The zero-order valence-electron chi connectivity index (χ0n) is 12.0. The highest BCUT2D eigenvalue weighted by Crippen LogP contribution is 2.30. The van der Waals surface area contributed by atoms with Crippen LogP contribution in [0.15, 0.2) is 30.5 Å². The van der Waals surface area contributed by atoms with Crippen LogP contribution in [0.1, 0.15) is 38.6 Å². The number of carbonyl (C=O) groups excluding carboxylic acids is 2. The molecule has 21 heavy (non-hydrogen) atoms. The number of hydrogen-bond acceptors (Lipinski definition) is 4. The zero-order chi connectivity index (χ0) is 14.8. The van der Waals surface area contributed by atoms with Crippen molar-refractivity contribution in [1.29, 1.82) is 0 Å². The third-order valence-electron chi connectivity index (χ3n) is 3.95. The van der Waals surface area contributed by atoms with Crippen molar-refractivity contribution in [3.63, 3.8) is 0 Å². The number of ketones is 1. The second-order valence-corrected chi connectivity index (χ2v) is 5.50. The summed E-state index contributed by atoms with van der Waals surface area (Å²) in [7, 11) is 0. The van der Waals surface area contributed by atoms with Gasteiger partial charge in [0.05, 0.1) is 17.8 Å². The molecule has 110 valence electrons. The molecule has 5 nitrogen and oxygen atoms in total. The van der Waals surface area contributed by atoms with Crippen LogP contribution in [0.5, 0.6) is 0 Å². The van der Waals surface area contributed by atoms with Gasteiger partial charge < -0.3 is 4.74 Å². The maximum absolute atomic E-state index is 12.0. The summed E-state index contributed by atoms with van der Waals surface area (Å²) in [6, 6.07) is 7.64. The van der Waals surface area contributed by atoms with Crippen LogP contribution in [0, 0.1) is 0 Å². The molecule has 1 aliphatic rings. The molecule has 1 aromatic carbocycles. The van der Waals surface area contributed by atoms with Gasteiger partial charge in [0.15, 0.2) is 0 Å². The first-order valence-electron chi connectivity index (χ1n) is 7.26. The van der Waals surface area contributed by atoms with E-state index in [0.29, 0.717) is 19.3 Å². The molecule has 1 aromatic heterocycles. The second-order valence-electron chi connectivity index (χ2n) is 5.50. The van der Waals surface area contributed by atoms with Crippen molar-refractivity contribution < 1.29 is 14.3 Å². The minimum atomic E-state index is -0.309. The molecule has 3 rings (SSSR count). The lowest BCUT2D eigenvalue weighted by molar-refractivity contribution is -0.149. The lowest BCUT2D eigenvalue weighted by Gasteiger charge is -2.25. The molecule has 1 saturated carbocycles. The Balaban J connectivity index is 2.01. The first kappa shape index (κ1) is 13.8. The molecule has 0 radical (unpaired) electrons. The molecule has 0 bridgehead atoms. The molecule has 0 unspecified atom stereocenters. The summed E-state index contributed by atoms with van der Waals surface area (Å²) < 4.78 is 7.29. The lowest BCUT2D eigenvalue weighted by Crippen LogP contribution is -2.29. The fraction of sp³-hybridized carbons (Fsp3) is 0.438. The van der Waals surface area contributed by atoms with Crippen LogP contribution in [0.4, 0.5) is 0 Å². The number of esters is 1. The quantitative estimate of drug-likeness (QED) is 0.629. The molecular weight excluding hydrogens is 268 g/mol. The Labute approximate surface area is 122 Å². The molecule has 1 aliphatic carbocycles. The molecule has 0 saturated heterocycles. The van der Waals surface area contributed by atoms with Gasteiger partial charge in [-0.3, -0.25) is 14.3 Å². The SMILES string of the molecule is CC(=O)O[C@@H]1CCCC(=O)C[C@H]1n1ncc2ccccc21. The molecule has 0 aliphatic heterocycles. The monoisotopic (exact) mass is 286 g/mol. The summed E-state index contributed by atoms with van der Waals surface area (Å²) in [5.41, 5.74) is 0.967. The van der Waals surface area contributed by atoms with Crippen LogP contribution >= 0.6 is 0 Å². The van der Waals surface area contributed by atoms with E-state index in [0.717, 1.165) is 17.3 Å². The van der Waals surface area contributed by atoms with Gasteiger partial charge in [-0.05, 0) is 18.9 Å². The number of aromatic nitrogens is 2. The summed E-state index contributed by atoms with van der Waals surface area (Å²) >= 11 is 0. The van der Waals surface area contributed by atoms with Gasteiger partial charge in [-0.1, -0.05) is 18.2 Å². The average molecular weight is 286 g/mol. The average Bonchev–Trinajstić information content (AvgIpc) is 2.79. The van der Waals surface area contributed by atoms with Gasteiger partial charge in [0, 0.05) is 25.2 Å². The summed E-state index contributed by atoms with van der Waals surface area (Å²) in [4.78, 5) is 23.3. The largest absolute Gasteiger partial charge is 0.460 e. The number of nitrogens with zero attached hydrogens (tertiary/aromatic N) is 2. The van der Waals surface area contributed by atoms with Crippen LogP contribution in [-0.2, 0) is 14.3 Å². The standard InChI is InChI=1S/C16H18N2O3/c1-11(19)21-16-8-4-6-13(20)9-15(16)18-14-7-3-2-5-12(14)10-17-18/h2-3,5,7,10,15-16H,4,6,8-9H2,1H3/t15-,16-/m1/s1. The Hall–Kier alpha value is -2.17. The van der Waals surface area contributed by atoms with Gasteiger partial charge >= 0.3 is 5.97 Å². The fourth-order valence-electron chi connectivity index (χ4n) is 3.01. The highest BCUT2D eigenvalue weighted by Gasteiger charge is 2.32. The van der Waals surface area contributed by atoms with Gasteiger partial charge in [-0.25, -0.2) is 0 Å². The number of Topliss-reactive ketones (excluding diaryl/α,β-unsaturated/α-hetero) is 1. The lowest BCUT2D eigenvalue weighted by atomic mass is 10.1. The summed E-state index contributed by atoms with van der Waals surface area (Å²) in [5, 5.41) is 5.45. The Morgan fingerprint density at radius 3 is 3.00 bits per heavy atom. The smallest absolute Gasteiger partial charge is 0.302 e. The van der Waals surface area contributed by atoms with E-state index in [1.807, 2.05) is 28.9 Å². The Bertz CT molecular complexity index is 677. The van der Waals surface area contributed by atoms with Crippen molar-refractivity contribution in [3.8, 4) is 0 Å². The van der Waals surface area contributed by atoms with Crippen LogP contribution < -0.4 is 0 Å². The maximum Gasteiger partial charge on any atom is 0.302 e. The third kappa shape index (κ3) is 2.82. The zero-order valence-corrected chi connectivity index (χ0v) is 12.0. The van der Waals surface area contributed by atoms with Crippen LogP contribution in [-0.4, -0.2) is 27.6 Å². The maximum atomic E-state index is 12.0. The second kappa shape index (κ2) is 5.68. The van der Waals surface area contributed by atoms with Crippen molar-refractivity contribution in [2.75, 3.05) is 0 Å². The van der Waals surface area contributed by atoms with Gasteiger partial charge in [-0.2, -0.15) is 5.10 Å². The number of carbonyl (C=O) groups is 2. The van der Waals surface area contributed by atoms with Gasteiger partial charge in [-0.15, -0.1) is 0 Å². The van der Waals surface area contributed by atoms with Gasteiger partial charge in [0.25, 0.3) is 0 Å². The van der Waals surface area contributed by atoms with E-state index < -0.39 is 0 Å². The van der Waals surface area contributed by atoms with E-state index in [9.17, 15) is 9.59 Å². The number of hydrogen-bond donors (Lipinski definition) is 0. The van der Waals surface area contributed by atoms with E-state index in [4.69, 9.17) is 4.74 Å². The van der Waals surface area contributed by atoms with E-state index in [1.54, 1.807) is 6.20 Å². The van der Waals surface area contributed by atoms with Crippen molar-refractivity contribution in [2.45, 2.75) is 44.8 Å². The molecule has 0 spiro atoms. The minimum Gasteiger partial charge on any atom is -0.460 e. The Morgan fingerprint density at radius 2 is 2.19 bits per heavy atom. The van der Waals surface area contributed by atoms with Crippen molar-refractivity contribution in [3.05, 3.63) is 30.5 Å². The molecule has 5 heteroatoms. The summed E-state index contributed by atoms with van der Waals surface area (Å²) in [5.74, 6) is -0.106. The third-order valence-corrected chi connectivity index (χ3v) is 3.95. The highest BCUT2D eigenvalue weighted by atomic mass is 16.5. The summed E-state index contributed by atoms with van der Waals surface area (Å²) in [6.07, 6.45) is 3.86. The van der Waals surface area contributed by atoms with Crippen LogP contribution in [0.25, 0.3) is 10.9 Å². The van der Waals surface area contributed by atoms with Crippen molar-refractivity contribution in [1.82, 2.24) is 9.78 Å². The van der Waals surface area contributed by atoms with Gasteiger partial charge in [0.2, 0.25) is 0 Å². The molecule has 1 fully saturated rings. The van der Waals surface area contributed by atoms with E-state index in [2.05, 4.69) is 5.10 Å². The molecule has 1 heterocycles.